The lowest BCUT2D eigenvalue weighted by Gasteiger charge is -2.17. The molecule has 0 heterocycles. The Morgan fingerprint density at radius 1 is 0.769 bits per heavy atom. The Hall–Kier alpha value is 1.13. The van der Waals surface area contributed by atoms with E-state index in [0.29, 0.717) is 0 Å². The summed E-state index contributed by atoms with van der Waals surface area (Å²) in [6.45, 7) is 14.5. The van der Waals surface area contributed by atoms with E-state index < -0.39 is 14.4 Å². The van der Waals surface area contributed by atoms with Crippen LogP contribution in [0.4, 0.5) is 0 Å². The van der Waals surface area contributed by atoms with Gasteiger partial charge in [0.05, 0.1) is 0 Å². The standard InChI is InChI=1S/C9H23S2Si2/c1-12(2,3)10-8-7-9-11-13(4,5)6/h7H,8-9H2,1-6H3. The first kappa shape index (κ1) is 14.1. The molecule has 0 aromatic rings. The van der Waals surface area contributed by atoms with Gasteiger partial charge in [0.2, 0.25) is 0 Å². The van der Waals surface area contributed by atoms with E-state index in [1.807, 2.05) is 0 Å². The summed E-state index contributed by atoms with van der Waals surface area (Å²) >= 11 is 4.34. The van der Waals surface area contributed by atoms with Crippen LogP contribution in [0.15, 0.2) is 0 Å². The molecule has 0 aromatic carbocycles. The predicted molar refractivity (Wildman–Crippen MR) is 75.9 cm³/mol. The zero-order valence-corrected chi connectivity index (χ0v) is 13.4. The lowest BCUT2D eigenvalue weighted by molar-refractivity contribution is 1.46. The van der Waals surface area contributed by atoms with Crippen LogP contribution < -0.4 is 0 Å². The van der Waals surface area contributed by atoms with Gasteiger partial charge in [0, 0.05) is 0 Å². The normalized spacial score (nSPS) is 13.4. The van der Waals surface area contributed by atoms with Crippen molar-refractivity contribution < 1.29 is 0 Å². The number of hydrogen-bond acceptors (Lipinski definition) is 2. The maximum Gasteiger partial charge on any atom is 0.108 e. The number of hydrogen-bond donors (Lipinski definition) is 0. The highest BCUT2D eigenvalue weighted by atomic mass is 32.4. The molecule has 0 aliphatic heterocycles. The van der Waals surface area contributed by atoms with E-state index in [2.05, 4.69) is 68.1 Å². The van der Waals surface area contributed by atoms with Crippen LogP contribution in [-0.2, 0) is 0 Å². The van der Waals surface area contributed by atoms with Crippen LogP contribution in [0.5, 0.6) is 0 Å². The molecule has 4 heteroatoms. The van der Waals surface area contributed by atoms with Crippen LogP contribution in [0.1, 0.15) is 0 Å². The Kier molecular flexibility index (Phi) is 6.39. The fraction of sp³-hybridized carbons (Fsp3) is 0.889. The van der Waals surface area contributed by atoms with Crippen molar-refractivity contribution in [3.8, 4) is 0 Å². The minimum absolute atomic E-state index is 0.866. The Morgan fingerprint density at radius 2 is 1.08 bits per heavy atom. The van der Waals surface area contributed by atoms with Crippen molar-refractivity contribution in [2.45, 2.75) is 39.3 Å². The summed E-state index contributed by atoms with van der Waals surface area (Å²) in [5, 5.41) is 0. The molecule has 1 radical (unpaired) electrons. The van der Waals surface area contributed by atoms with E-state index in [1.165, 1.54) is 11.5 Å². The Labute approximate surface area is 94.0 Å². The summed E-state index contributed by atoms with van der Waals surface area (Å²) in [5.41, 5.74) is 0. The minimum atomic E-state index is -0.866. The zero-order chi connectivity index (χ0) is 10.5. The largest absolute Gasteiger partial charge is 0.186 e. The Morgan fingerprint density at radius 3 is 1.31 bits per heavy atom. The van der Waals surface area contributed by atoms with Gasteiger partial charge < -0.3 is 0 Å². The second kappa shape index (κ2) is 5.88. The average molecular weight is 252 g/mol. The first-order valence-electron chi connectivity index (χ1n) is 4.80. The summed E-state index contributed by atoms with van der Waals surface area (Å²) in [6.07, 6.45) is 2.45. The van der Waals surface area contributed by atoms with Crippen LogP contribution in [-0.4, -0.2) is 26.0 Å². The molecule has 0 saturated carbocycles. The summed E-state index contributed by atoms with van der Waals surface area (Å²) in [5.74, 6) is 2.51. The number of rotatable bonds is 6. The van der Waals surface area contributed by atoms with Gasteiger partial charge in [0.1, 0.15) is 14.4 Å². The lowest BCUT2D eigenvalue weighted by Crippen LogP contribution is -2.17. The van der Waals surface area contributed by atoms with Gasteiger partial charge >= 0.3 is 0 Å². The molecule has 0 atom stereocenters. The summed E-state index contributed by atoms with van der Waals surface area (Å²) in [6, 6.07) is 0. The molecule has 0 spiro atoms. The van der Waals surface area contributed by atoms with Crippen molar-refractivity contribution in [2.75, 3.05) is 11.5 Å². The smallest absolute Gasteiger partial charge is 0.108 e. The lowest BCUT2D eigenvalue weighted by atomic mass is 10.6. The maximum atomic E-state index is 2.45. The van der Waals surface area contributed by atoms with Crippen LogP contribution in [0.2, 0.25) is 39.3 Å². The molecule has 0 aliphatic carbocycles. The molecule has 0 rings (SSSR count). The second-order valence-electron chi connectivity index (χ2n) is 5.14. The maximum absolute atomic E-state index is 2.45. The first-order chi connectivity index (χ1) is 5.71. The van der Waals surface area contributed by atoms with Gasteiger partial charge in [-0.15, -0.1) is 0 Å². The molecule has 0 amide bonds. The van der Waals surface area contributed by atoms with Gasteiger partial charge in [0.25, 0.3) is 0 Å². The van der Waals surface area contributed by atoms with E-state index in [1.54, 1.807) is 0 Å². The highest BCUT2D eigenvalue weighted by Gasteiger charge is 2.15. The quantitative estimate of drug-likeness (QED) is 0.509. The molecule has 0 nitrogen and oxygen atoms in total. The summed E-state index contributed by atoms with van der Waals surface area (Å²) < 4.78 is 0. The molecule has 0 unspecified atom stereocenters. The third-order valence-electron chi connectivity index (χ3n) is 1.27. The van der Waals surface area contributed by atoms with Gasteiger partial charge in [-0.2, -0.15) is 22.4 Å². The third-order valence-corrected chi connectivity index (χ3v) is 10.0. The van der Waals surface area contributed by atoms with Gasteiger partial charge in [0.15, 0.2) is 0 Å². The molecular formula is C9H23S2Si2. The average Bonchev–Trinajstić information content (AvgIpc) is 1.81. The van der Waals surface area contributed by atoms with E-state index >= 15 is 0 Å². The van der Waals surface area contributed by atoms with Crippen LogP contribution in [0.25, 0.3) is 0 Å². The molecule has 0 saturated heterocycles. The van der Waals surface area contributed by atoms with Gasteiger partial charge in [-0.25, -0.2) is 0 Å². The van der Waals surface area contributed by atoms with Crippen molar-refractivity contribution in [1.82, 2.24) is 0 Å². The minimum Gasteiger partial charge on any atom is -0.186 e. The molecular weight excluding hydrogens is 228 g/mol. The zero-order valence-electron chi connectivity index (χ0n) is 9.81. The van der Waals surface area contributed by atoms with Crippen LogP contribution >= 0.6 is 22.4 Å². The molecule has 0 aromatic heterocycles. The van der Waals surface area contributed by atoms with Crippen molar-refractivity contribution in [1.29, 1.82) is 0 Å². The van der Waals surface area contributed by atoms with E-state index in [-0.39, 0.29) is 0 Å². The van der Waals surface area contributed by atoms with Gasteiger partial charge in [-0.1, -0.05) is 39.3 Å². The molecule has 79 valence electrons. The monoisotopic (exact) mass is 251 g/mol. The summed E-state index contributed by atoms with van der Waals surface area (Å²) in [4.78, 5) is 0. The molecule has 0 bridgehead atoms. The van der Waals surface area contributed by atoms with Crippen molar-refractivity contribution in [3.63, 3.8) is 0 Å². The van der Waals surface area contributed by atoms with Crippen LogP contribution in [0.3, 0.4) is 0 Å². The van der Waals surface area contributed by atoms with Gasteiger partial charge in [-0.3, -0.25) is 0 Å². The second-order valence-corrected chi connectivity index (χ2v) is 23.9. The predicted octanol–water partition coefficient (Wildman–Crippen LogP) is 4.33. The van der Waals surface area contributed by atoms with E-state index in [0.717, 1.165) is 0 Å². The third kappa shape index (κ3) is 13.1. The topological polar surface area (TPSA) is 0 Å². The van der Waals surface area contributed by atoms with Crippen molar-refractivity contribution >= 4 is 36.9 Å². The first-order valence-corrected chi connectivity index (χ1v) is 15.2. The van der Waals surface area contributed by atoms with Crippen molar-refractivity contribution in [2.24, 2.45) is 0 Å². The molecule has 13 heavy (non-hydrogen) atoms. The molecule has 0 aliphatic rings. The van der Waals surface area contributed by atoms with Crippen molar-refractivity contribution in [3.05, 3.63) is 6.42 Å². The van der Waals surface area contributed by atoms with Crippen LogP contribution in [0, 0.1) is 6.42 Å². The summed E-state index contributed by atoms with van der Waals surface area (Å²) in [7, 11) is -1.73. The Bertz CT molecular complexity index is 120. The highest BCUT2D eigenvalue weighted by Crippen LogP contribution is 2.23. The Balaban J connectivity index is 3.28. The SMILES string of the molecule is C[Si](C)(C)SC[CH]CS[Si](C)(C)C. The molecule has 0 N–H and O–H groups in total. The highest BCUT2D eigenvalue weighted by molar-refractivity contribution is 8.29. The van der Waals surface area contributed by atoms with E-state index in [9.17, 15) is 0 Å². The van der Waals surface area contributed by atoms with Gasteiger partial charge in [-0.05, 0) is 17.9 Å². The van der Waals surface area contributed by atoms with E-state index in [4.69, 9.17) is 0 Å². The fourth-order valence-corrected chi connectivity index (χ4v) is 5.99. The molecule has 0 fully saturated rings. The fourth-order valence-electron chi connectivity index (χ4n) is 0.666.